The van der Waals surface area contributed by atoms with Crippen LogP contribution in [0.25, 0.3) is 0 Å². The van der Waals surface area contributed by atoms with E-state index in [1.165, 1.54) is 11.1 Å². The molecule has 1 fully saturated rings. The Morgan fingerprint density at radius 2 is 1.52 bits per heavy atom. The zero-order chi connectivity index (χ0) is 16.1. The normalized spacial score (nSPS) is 19.4. The second-order valence-electron chi connectivity index (χ2n) is 6.49. The molecule has 2 N–H and O–H groups in total. The van der Waals surface area contributed by atoms with E-state index in [9.17, 15) is 5.11 Å². The van der Waals surface area contributed by atoms with Gasteiger partial charge in [-0.05, 0) is 30.5 Å². The molecular weight excluding hydrogens is 286 g/mol. The van der Waals surface area contributed by atoms with Crippen LogP contribution in [0.3, 0.4) is 0 Å². The van der Waals surface area contributed by atoms with Crippen LogP contribution in [-0.2, 0) is 5.41 Å². The summed E-state index contributed by atoms with van der Waals surface area (Å²) in [4.78, 5) is 2.28. The highest BCUT2D eigenvalue weighted by Gasteiger charge is 2.38. The lowest BCUT2D eigenvalue weighted by Gasteiger charge is -2.44. The smallest absolute Gasteiger partial charge is 0.0897 e. The molecule has 0 radical (unpaired) electrons. The van der Waals surface area contributed by atoms with Crippen LogP contribution < -0.4 is 0 Å². The Balaban J connectivity index is 1.96. The lowest BCUT2D eigenvalue weighted by molar-refractivity contribution is 0.0433. The molecule has 1 atom stereocenters. The molecule has 2 aromatic carbocycles. The van der Waals surface area contributed by atoms with Crippen molar-refractivity contribution in [2.75, 3.05) is 26.2 Å². The first-order valence-corrected chi connectivity index (χ1v) is 8.37. The molecular formula is C20H25NO2. The van der Waals surface area contributed by atoms with Crippen molar-refractivity contribution >= 4 is 0 Å². The zero-order valence-electron chi connectivity index (χ0n) is 13.4. The fraction of sp³-hybridized carbons (Fsp3) is 0.400. The Hall–Kier alpha value is -1.68. The highest BCUT2D eigenvalue weighted by atomic mass is 16.3. The van der Waals surface area contributed by atoms with Gasteiger partial charge in [0.05, 0.1) is 12.7 Å². The van der Waals surface area contributed by atoms with Gasteiger partial charge in [0.2, 0.25) is 0 Å². The summed E-state index contributed by atoms with van der Waals surface area (Å²) in [6.45, 7) is 2.19. The molecule has 1 heterocycles. The molecule has 23 heavy (non-hydrogen) atoms. The summed E-state index contributed by atoms with van der Waals surface area (Å²) in [6.07, 6.45) is 1.52. The highest BCUT2D eigenvalue weighted by molar-refractivity contribution is 5.40. The lowest BCUT2D eigenvalue weighted by atomic mass is 9.69. The van der Waals surface area contributed by atoms with Gasteiger partial charge >= 0.3 is 0 Å². The van der Waals surface area contributed by atoms with Gasteiger partial charge in [-0.2, -0.15) is 0 Å². The van der Waals surface area contributed by atoms with Gasteiger partial charge in [0.1, 0.15) is 0 Å². The lowest BCUT2D eigenvalue weighted by Crippen LogP contribution is -2.49. The SMILES string of the molecule is OC[C@H](O)CN1CCCC(c2ccccc2)(c2ccccc2)C1. The molecule has 1 aliphatic rings. The van der Waals surface area contributed by atoms with Crippen LogP contribution in [0.1, 0.15) is 24.0 Å². The number of hydrogen-bond donors (Lipinski definition) is 2. The molecule has 3 heteroatoms. The van der Waals surface area contributed by atoms with E-state index in [0.29, 0.717) is 6.54 Å². The number of β-amino-alcohol motifs (C(OH)–C–C–N with tert-alkyl or cyclic N) is 1. The third-order valence-corrected chi connectivity index (χ3v) is 4.90. The molecule has 0 unspecified atom stereocenters. The third-order valence-electron chi connectivity index (χ3n) is 4.90. The predicted octanol–water partition coefficient (Wildman–Crippen LogP) is 2.42. The summed E-state index contributed by atoms with van der Waals surface area (Å²) in [6, 6.07) is 21.3. The molecule has 0 aliphatic carbocycles. The average molecular weight is 311 g/mol. The van der Waals surface area contributed by atoms with Crippen LogP contribution in [0, 0.1) is 0 Å². The van der Waals surface area contributed by atoms with E-state index < -0.39 is 6.10 Å². The maximum absolute atomic E-state index is 9.83. The third kappa shape index (κ3) is 3.47. The minimum atomic E-state index is -0.669. The predicted molar refractivity (Wildman–Crippen MR) is 92.4 cm³/mol. The summed E-state index contributed by atoms with van der Waals surface area (Å²) in [5.74, 6) is 0. The largest absolute Gasteiger partial charge is 0.394 e. The Bertz CT molecular complexity index is 560. The van der Waals surface area contributed by atoms with Crippen molar-refractivity contribution < 1.29 is 10.2 Å². The van der Waals surface area contributed by atoms with Gasteiger partial charge < -0.3 is 10.2 Å². The van der Waals surface area contributed by atoms with Crippen molar-refractivity contribution in [1.29, 1.82) is 0 Å². The van der Waals surface area contributed by atoms with Gasteiger partial charge in [-0.25, -0.2) is 0 Å². The van der Waals surface area contributed by atoms with Crippen molar-refractivity contribution in [2.24, 2.45) is 0 Å². The molecule has 1 saturated heterocycles. The van der Waals surface area contributed by atoms with Gasteiger partial charge in [-0.1, -0.05) is 60.7 Å². The van der Waals surface area contributed by atoms with Crippen molar-refractivity contribution in [2.45, 2.75) is 24.4 Å². The van der Waals surface area contributed by atoms with Crippen LogP contribution in [0.2, 0.25) is 0 Å². The fourth-order valence-corrected chi connectivity index (χ4v) is 3.81. The molecule has 0 spiro atoms. The molecule has 0 amide bonds. The Kier molecular flexibility index (Phi) is 5.11. The number of piperidine rings is 1. The van der Waals surface area contributed by atoms with Crippen LogP contribution in [-0.4, -0.2) is 47.5 Å². The van der Waals surface area contributed by atoms with Gasteiger partial charge in [-0.15, -0.1) is 0 Å². The van der Waals surface area contributed by atoms with E-state index in [4.69, 9.17) is 5.11 Å². The monoisotopic (exact) mass is 311 g/mol. The molecule has 0 aromatic heterocycles. The van der Waals surface area contributed by atoms with Crippen molar-refractivity contribution in [3.05, 3.63) is 71.8 Å². The average Bonchev–Trinajstić information content (AvgIpc) is 2.63. The van der Waals surface area contributed by atoms with Gasteiger partial charge in [0.25, 0.3) is 0 Å². The first-order chi connectivity index (χ1) is 11.2. The molecule has 3 rings (SSSR count). The van der Waals surface area contributed by atoms with Gasteiger partial charge in [0, 0.05) is 18.5 Å². The number of benzene rings is 2. The van der Waals surface area contributed by atoms with Gasteiger partial charge in [0.15, 0.2) is 0 Å². The topological polar surface area (TPSA) is 43.7 Å². The first-order valence-electron chi connectivity index (χ1n) is 8.37. The molecule has 0 bridgehead atoms. The maximum atomic E-state index is 9.83. The number of rotatable bonds is 5. The Labute approximate surface area is 138 Å². The van der Waals surface area contributed by atoms with Crippen LogP contribution in [0.5, 0.6) is 0 Å². The summed E-state index contributed by atoms with van der Waals surface area (Å²) in [5.41, 5.74) is 2.61. The molecule has 3 nitrogen and oxygen atoms in total. The Morgan fingerprint density at radius 3 is 2.04 bits per heavy atom. The van der Waals surface area contributed by atoms with E-state index in [-0.39, 0.29) is 12.0 Å². The summed E-state index contributed by atoms with van der Waals surface area (Å²) >= 11 is 0. The van der Waals surface area contributed by atoms with Crippen molar-refractivity contribution in [1.82, 2.24) is 4.90 Å². The van der Waals surface area contributed by atoms with Crippen molar-refractivity contribution in [3.8, 4) is 0 Å². The van der Waals surface area contributed by atoms with Crippen molar-refractivity contribution in [3.63, 3.8) is 0 Å². The zero-order valence-corrected chi connectivity index (χ0v) is 13.4. The van der Waals surface area contributed by atoms with E-state index >= 15 is 0 Å². The number of hydrogen-bond acceptors (Lipinski definition) is 3. The summed E-state index contributed by atoms with van der Waals surface area (Å²) < 4.78 is 0. The Morgan fingerprint density at radius 1 is 0.957 bits per heavy atom. The molecule has 2 aromatic rings. The van der Waals surface area contributed by atoms with Gasteiger partial charge in [-0.3, -0.25) is 4.90 Å². The van der Waals surface area contributed by atoms with E-state index in [2.05, 4.69) is 65.6 Å². The first kappa shape index (κ1) is 16.2. The summed E-state index contributed by atoms with van der Waals surface area (Å²) in [7, 11) is 0. The van der Waals surface area contributed by atoms with Crippen LogP contribution in [0.15, 0.2) is 60.7 Å². The van der Waals surface area contributed by atoms with E-state index in [0.717, 1.165) is 25.9 Å². The number of aliphatic hydroxyl groups is 2. The fourth-order valence-electron chi connectivity index (χ4n) is 3.81. The number of nitrogens with zero attached hydrogens (tertiary/aromatic N) is 1. The number of likely N-dealkylation sites (tertiary alicyclic amines) is 1. The number of aliphatic hydroxyl groups excluding tert-OH is 2. The summed E-state index contributed by atoms with van der Waals surface area (Å²) in [5, 5.41) is 19.0. The minimum absolute atomic E-state index is 0.0457. The maximum Gasteiger partial charge on any atom is 0.0897 e. The quantitative estimate of drug-likeness (QED) is 0.891. The minimum Gasteiger partial charge on any atom is -0.394 e. The molecule has 1 aliphatic heterocycles. The second-order valence-corrected chi connectivity index (χ2v) is 6.49. The highest BCUT2D eigenvalue weighted by Crippen LogP contribution is 2.40. The molecule has 0 saturated carbocycles. The van der Waals surface area contributed by atoms with Crippen LogP contribution in [0.4, 0.5) is 0 Å². The molecule has 122 valence electrons. The second kappa shape index (κ2) is 7.26. The van der Waals surface area contributed by atoms with Crippen LogP contribution >= 0.6 is 0 Å². The van der Waals surface area contributed by atoms with E-state index in [1.807, 2.05) is 0 Å². The van der Waals surface area contributed by atoms with E-state index in [1.54, 1.807) is 0 Å². The standard InChI is InChI=1S/C20H25NO2/c22-15-19(23)14-21-13-7-12-20(16-21,17-8-3-1-4-9-17)18-10-5-2-6-11-18/h1-6,8-11,19,22-23H,7,12-16H2/t19-/m1/s1.